The summed E-state index contributed by atoms with van der Waals surface area (Å²) in [5.74, 6) is 0.190. The maximum atomic E-state index is 12.4. The number of methoxy groups -OCH3 is 1. The van der Waals surface area contributed by atoms with Gasteiger partial charge in [0.25, 0.3) is 5.91 Å². The van der Waals surface area contributed by atoms with Crippen molar-refractivity contribution in [2.24, 2.45) is 5.41 Å². The van der Waals surface area contributed by atoms with Crippen molar-refractivity contribution < 1.29 is 9.53 Å². The predicted molar refractivity (Wildman–Crippen MR) is 83.3 cm³/mol. The van der Waals surface area contributed by atoms with E-state index < -0.39 is 0 Å². The molecule has 1 aromatic heterocycles. The lowest BCUT2D eigenvalue weighted by Gasteiger charge is -2.26. The zero-order valence-corrected chi connectivity index (χ0v) is 13.6. The molecule has 0 aromatic carbocycles. The van der Waals surface area contributed by atoms with Crippen LogP contribution >= 0.6 is 11.3 Å². The molecule has 1 aromatic rings. The smallest absolute Gasteiger partial charge is 0.267 e. The second-order valence-electron chi connectivity index (χ2n) is 5.87. The Morgan fingerprint density at radius 2 is 2.15 bits per heavy atom. The van der Waals surface area contributed by atoms with Crippen molar-refractivity contribution in [1.29, 1.82) is 0 Å². The number of carbonyl (C=O) groups excluding carboxylic acids is 1. The van der Waals surface area contributed by atoms with E-state index in [2.05, 4.69) is 31.1 Å². The van der Waals surface area contributed by atoms with Crippen molar-refractivity contribution in [2.75, 3.05) is 44.9 Å². The van der Waals surface area contributed by atoms with Gasteiger partial charge in [-0.25, -0.2) is 4.98 Å². The Morgan fingerprint density at radius 1 is 1.50 bits per heavy atom. The van der Waals surface area contributed by atoms with E-state index in [-0.39, 0.29) is 17.1 Å². The lowest BCUT2D eigenvalue weighted by molar-refractivity contribution is 0.0751. The molecule has 1 rings (SSSR count). The van der Waals surface area contributed by atoms with Crippen LogP contribution in [-0.2, 0) is 4.74 Å². The van der Waals surface area contributed by atoms with Gasteiger partial charge in [-0.2, -0.15) is 0 Å². The van der Waals surface area contributed by atoms with Crippen LogP contribution in [-0.4, -0.2) is 49.6 Å². The summed E-state index contributed by atoms with van der Waals surface area (Å²) in [5, 5.41) is 3.73. The second-order valence-corrected chi connectivity index (χ2v) is 6.87. The fraction of sp³-hybridized carbons (Fsp3) is 0.692. The number of ether oxygens (including phenoxy) is 1. The topological polar surface area (TPSA) is 80.5 Å². The molecule has 0 spiro atoms. The van der Waals surface area contributed by atoms with Crippen LogP contribution in [0.25, 0.3) is 0 Å². The standard InChI is InChI=1S/C13H24N4O2S/c1-13(2,3)8-17(4)11(18)9-10(14)16-12(20-9)15-6-7-19-5/h6-8,14H2,1-5H3,(H,15,16). The van der Waals surface area contributed by atoms with Crippen molar-refractivity contribution in [3.05, 3.63) is 4.88 Å². The number of thiazole rings is 1. The van der Waals surface area contributed by atoms with E-state index >= 15 is 0 Å². The van der Waals surface area contributed by atoms with Crippen LogP contribution in [0.3, 0.4) is 0 Å². The number of hydrogen-bond donors (Lipinski definition) is 2. The molecule has 0 bridgehead atoms. The van der Waals surface area contributed by atoms with Crippen LogP contribution in [0.5, 0.6) is 0 Å². The number of carbonyl (C=O) groups is 1. The summed E-state index contributed by atoms with van der Waals surface area (Å²) in [6.45, 7) is 8.14. The first-order chi connectivity index (χ1) is 9.24. The number of hydrogen-bond acceptors (Lipinski definition) is 6. The number of anilines is 2. The Bertz CT molecular complexity index is 454. The largest absolute Gasteiger partial charge is 0.383 e. The molecule has 1 heterocycles. The minimum Gasteiger partial charge on any atom is -0.383 e. The Morgan fingerprint density at radius 3 is 2.70 bits per heavy atom. The number of rotatable bonds is 6. The molecular weight excluding hydrogens is 276 g/mol. The molecular formula is C13H24N4O2S. The van der Waals surface area contributed by atoms with Crippen LogP contribution in [0.1, 0.15) is 30.4 Å². The highest BCUT2D eigenvalue weighted by atomic mass is 32.1. The molecule has 7 heteroatoms. The highest BCUT2D eigenvalue weighted by Gasteiger charge is 2.23. The number of nitrogen functional groups attached to an aromatic ring is 1. The van der Waals surface area contributed by atoms with E-state index in [1.54, 1.807) is 19.1 Å². The third kappa shape index (κ3) is 4.97. The lowest BCUT2D eigenvalue weighted by Crippen LogP contribution is -2.34. The summed E-state index contributed by atoms with van der Waals surface area (Å²) in [5.41, 5.74) is 5.87. The third-order valence-electron chi connectivity index (χ3n) is 2.49. The maximum absolute atomic E-state index is 12.4. The van der Waals surface area contributed by atoms with Gasteiger partial charge in [0.15, 0.2) is 5.13 Å². The number of nitrogens with zero attached hydrogens (tertiary/aromatic N) is 2. The molecule has 0 saturated heterocycles. The zero-order chi connectivity index (χ0) is 15.3. The van der Waals surface area contributed by atoms with Crippen LogP contribution in [0.2, 0.25) is 0 Å². The van der Waals surface area contributed by atoms with Gasteiger partial charge in [0.05, 0.1) is 6.61 Å². The molecule has 0 aliphatic rings. The van der Waals surface area contributed by atoms with Crippen LogP contribution in [0.4, 0.5) is 10.9 Å². The molecule has 0 unspecified atom stereocenters. The fourth-order valence-corrected chi connectivity index (χ4v) is 2.68. The second kappa shape index (κ2) is 6.90. The SMILES string of the molecule is COCCNc1nc(N)c(C(=O)N(C)CC(C)(C)C)s1. The minimum absolute atomic E-state index is 0.0450. The van der Waals surface area contributed by atoms with Gasteiger partial charge in [-0.1, -0.05) is 32.1 Å². The van der Waals surface area contributed by atoms with Crippen molar-refractivity contribution >= 4 is 28.2 Å². The van der Waals surface area contributed by atoms with Gasteiger partial charge in [-0.05, 0) is 5.41 Å². The predicted octanol–water partition coefficient (Wildman–Crippen LogP) is 1.90. The summed E-state index contributed by atoms with van der Waals surface area (Å²) >= 11 is 1.28. The van der Waals surface area contributed by atoms with Gasteiger partial charge < -0.3 is 20.7 Å². The summed E-state index contributed by atoms with van der Waals surface area (Å²) in [6, 6.07) is 0. The molecule has 0 aliphatic carbocycles. The van der Waals surface area contributed by atoms with Crippen LogP contribution < -0.4 is 11.1 Å². The fourth-order valence-electron chi connectivity index (χ4n) is 1.78. The van der Waals surface area contributed by atoms with Gasteiger partial charge >= 0.3 is 0 Å². The summed E-state index contributed by atoms with van der Waals surface area (Å²) < 4.78 is 4.95. The van der Waals surface area contributed by atoms with Gasteiger partial charge in [0, 0.05) is 27.2 Å². The minimum atomic E-state index is -0.0882. The van der Waals surface area contributed by atoms with E-state index in [0.717, 1.165) is 0 Å². The Hall–Kier alpha value is -1.34. The van der Waals surface area contributed by atoms with Gasteiger partial charge in [0.1, 0.15) is 10.7 Å². The molecule has 114 valence electrons. The first-order valence-electron chi connectivity index (χ1n) is 6.49. The molecule has 0 radical (unpaired) electrons. The van der Waals surface area contributed by atoms with Crippen LogP contribution in [0, 0.1) is 5.41 Å². The number of amides is 1. The number of nitrogens with one attached hydrogen (secondary N) is 1. The summed E-state index contributed by atoms with van der Waals surface area (Å²) in [7, 11) is 3.42. The van der Waals surface area contributed by atoms with E-state index in [4.69, 9.17) is 10.5 Å². The molecule has 1 amide bonds. The molecule has 6 nitrogen and oxygen atoms in total. The molecule has 20 heavy (non-hydrogen) atoms. The quantitative estimate of drug-likeness (QED) is 0.784. The Labute approximate surface area is 124 Å². The normalized spacial score (nSPS) is 11.4. The van der Waals surface area contributed by atoms with E-state index in [0.29, 0.717) is 29.7 Å². The number of nitrogens with two attached hydrogens (primary N) is 1. The summed E-state index contributed by atoms with van der Waals surface area (Å²) in [4.78, 5) is 18.7. The molecule has 0 aliphatic heterocycles. The summed E-state index contributed by atoms with van der Waals surface area (Å²) in [6.07, 6.45) is 0. The molecule has 0 fully saturated rings. The van der Waals surface area contributed by atoms with Gasteiger partial charge in [-0.3, -0.25) is 4.79 Å². The molecule has 0 atom stereocenters. The van der Waals surface area contributed by atoms with Gasteiger partial charge in [0.2, 0.25) is 0 Å². The average molecular weight is 300 g/mol. The monoisotopic (exact) mass is 300 g/mol. The van der Waals surface area contributed by atoms with E-state index in [9.17, 15) is 4.79 Å². The Kier molecular flexibility index (Phi) is 5.76. The van der Waals surface area contributed by atoms with Crippen LogP contribution in [0.15, 0.2) is 0 Å². The first-order valence-corrected chi connectivity index (χ1v) is 7.31. The van der Waals surface area contributed by atoms with Crippen molar-refractivity contribution in [1.82, 2.24) is 9.88 Å². The van der Waals surface area contributed by atoms with Crippen molar-refractivity contribution in [2.45, 2.75) is 20.8 Å². The molecule has 3 N–H and O–H groups in total. The molecule has 0 saturated carbocycles. The van der Waals surface area contributed by atoms with Crippen molar-refractivity contribution in [3.8, 4) is 0 Å². The first kappa shape index (κ1) is 16.7. The van der Waals surface area contributed by atoms with E-state index in [1.165, 1.54) is 11.3 Å². The van der Waals surface area contributed by atoms with Crippen molar-refractivity contribution in [3.63, 3.8) is 0 Å². The lowest BCUT2D eigenvalue weighted by atomic mass is 9.96. The van der Waals surface area contributed by atoms with Gasteiger partial charge in [-0.15, -0.1) is 0 Å². The third-order valence-corrected chi connectivity index (χ3v) is 3.51. The maximum Gasteiger partial charge on any atom is 0.267 e. The zero-order valence-electron chi connectivity index (χ0n) is 12.8. The highest BCUT2D eigenvalue weighted by molar-refractivity contribution is 7.18. The Balaban J connectivity index is 2.73. The number of aromatic nitrogens is 1. The average Bonchev–Trinajstić information content (AvgIpc) is 2.67. The van der Waals surface area contributed by atoms with E-state index in [1.807, 2.05) is 0 Å². The highest BCUT2D eigenvalue weighted by Crippen LogP contribution is 2.27.